The number of phenols is 1. The third-order valence-corrected chi connectivity index (χ3v) is 4.60. The van der Waals surface area contributed by atoms with Gasteiger partial charge in [0, 0.05) is 11.5 Å². The summed E-state index contributed by atoms with van der Waals surface area (Å²) in [5.74, 6) is 0.173. The van der Waals surface area contributed by atoms with Crippen LogP contribution in [0.1, 0.15) is 31.0 Å². The summed E-state index contributed by atoms with van der Waals surface area (Å²) in [6.45, 7) is 4.30. The lowest BCUT2D eigenvalue weighted by Gasteiger charge is -2.17. The van der Waals surface area contributed by atoms with Gasteiger partial charge in [0.2, 0.25) is 0 Å². The molecule has 7 heteroatoms. The smallest absolute Gasteiger partial charge is 0.258 e. The van der Waals surface area contributed by atoms with Crippen molar-refractivity contribution in [3.63, 3.8) is 0 Å². The van der Waals surface area contributed by atoms with Crippen LogP contribution < -0.4 is 21.0 Å². The Morgan fingerprint density at radius 3 is 2.74 bits per heavy atom. The summed E-state index contributed by atoms with van der Waals surface area (Å²) in [4.78, 5) is 12.5. The SMILES string of the molecule is CCOc1cccc(/C=N/NC(=O)C2NNC(c3ccccc3)C2C)c1O. The predicted octanol–water partition coefficient (Wildman–Crippen LogP) is 2.09. The molecule has 1 aliphatic heterocycles. The molecule has 142 valence electrons. The van der Waals surface area contributed by atoms with Crippen LogP contribution in [0, 0.1) is 5.92 Å². The molecule has 1 heterocycles. The molecule has 3 atom stereocenters. The van der Waals surface area contributed by atoms with E-state index in [0.717, 1.165) is 5.56 Å². The van der Waals surface area contributed by atoms with Crippen LogP contribution in [0.2, 0.25) is 0 Å². The van der Waals surface area contributed by atoms with E-state index in [1.807, 2.05) is 44.2 Å². The van der Waals surface area contributed by atoms with Crippen molar-refractivity contribution < 1.29 is 14.6 Å². The molecule has 0 saturated carbocycles. The van der Waals surface area contributed by atoms with Gasteiger partial charge in [0.1, 0.15) is 6.04 Å². The molecule has 7 nitrogen and oxygen atoms in total. The standard InChI is InChI=1S/C20H24N4O3/c1-3-27-16-11-7-10-15(19(16)25)12-21-24-20(26)18-13(2)17(22-23-18)14-8-5-4-6-9-14/h4-13,17-18,22-23,25H,3H2,1-2H3,(H,24,26)/b21-12+. The Labute approximate surface area is 158 Å². The molecule has 0 aliphatic carbocycles. The van der Waals surface area contributed by atoms with Gasteiger partial charge in [-0.1, -0.05) is 43.3 Å². The van der Waals surface area contributed by atoms with E-state index in [0.29, 0.717) is 17.9 Å². The van der Waals surface area contributed by atoms with Crippen LogP contribution in [-0.2, 0) is 4.79 Å². The molecule has 2 aromatic rings. The van der Waals surface area contributed by atoms with E-state index in [9.17, 15) is 9.90 Å². The maximum absolute atomic E-state index is 12.5. The summed E-state index contributed by atoms with van der Waals surface area (Å²) in [7, 11) is 0. The van der Waals surface area contributed by atoms with Crippen molar-refractivity contribution in [1.29, 1.82) is 0 Å². The number of hydrazine groups is 1. The van der Waals surface area contributed by atoms with E-state index >= 15 is 0 Å². The van der Waals surface area contributed by atoms with Crippen LogP contribution in [0.15, 0.2) is 53.6 Å². The molecular weight excluding hydrogens is 344 g/mol. The molecule has 27 heavy (non-hydrogen) atoms. The van der Waals surface area contributed by atoms with Crippen LogP contribution in [0.25, 0.3) is 0 Å². The Morgan fingerprint density at radius 2 is 2.00 bits per heavy atom. The number of nitrogens with zero attached hydrogens (tertiary/aromatic N) is 1. The summed E-state index contributed by atoms with van der Waals surface area (Å²) in [6, 6.07) is 14.7. The molecule has 0 spiro atoms. The number of ether oxygens (including phenoxy) is 1. The van der Waals surface area contributed by atoms with Crippen molar-refractivity contribution in [3.05, 3.63) is 59.7 Å². The largest absolute Gasteiger partial charge is 0.504 e. The fraction of sp³-hybridized carbons (Fsp3) is 0.300. The van der Waals surface area contributed by atoms with Gasteiger partial charge in [-0.15, -0.1) is 0 Å². The Morgan fingerprint density at radius 1 is 1.22 bits per heavy atom. The van der Waals surface area contributed by atoms with Gasteiger partial charge in [-0.05, 0) is 24.6 Å². The van der Waals surface area contributed by atoms with Gasteiger partial charge in [0.25, 0.3) is 5.91 Å². The first kappa shape index (κ1) is 18.9. The first-order valence-electron chi connectivity index (χ1n) is 8.95. The number of carbonyl (C=O) groups excluding carboxylic acids is 1. The van der Waals surface area contributed by atoms with Gasteiger partial charge in [0.15, 0.2) is 11.5 Å². The molecule has 1 fully saturated rings. The second kappa shape index (κ2) is 8.66. The summed E-state index contributed by atoms with van der Waals surface area (Å²) in [6.07, 6.45) is 1.40. The first-order valence-corrected chi connectivity index (χ1v) is 8.95. The van der Waals surface area contributed by atoms with Gasteiger partial charge < -0.3 is 9.84 Å². The average molecular weight is 368 g/mol. The van der Waals surface area contributed by atoms with Crippen LogP contribution in [0.3, 0.4) is 0 Å². The Balaban J connectivity index is 1.61. The van der Waals surface area contributed by atoms with Crippen LogP contribution in [0.5, 0.6) is 11.5 Å². The molecule has 0 aromatic heterocycles. The predicted molar refractivity (Wildman–Crippen MR) is 103 cm³/mol. The number of para-hydroxylation sites is 1. The van der Waals surface area contributed by atoms with Crippen molar-refractivity contribution in [2.45, 2.75) is 25.9 Å². The molecule has 2 aromatic carbocycles. The van der Waals surface area contributed by atoms with Crippen molar-refractivity contribution in [2.24, 2.45) is 11.0 Å². The molecular formula is C20H24N4O3. The number of rotatable bonds is 6. The summed E-state index contributed by atoms with van der Waals surface area (Å²) >= 11 is 0. The van der Waals surface area contributed by atoms with Gasteiger partial charge in [-0.25, -0.2) is 16.3 Å². The molecule has 0 radical (unpaired) electrons. The average Bonchev–Trinajstić information content (AvgIpc) is 3.07. The van der Waals surface area contributed by atoms with Gasteiger partial charge in [0.05, 0.1) is 18.9 Å². The van der Waals surface area contributed by atoms with Crippen molar-refractivity contribution >= 4 is 12.1 Å². The lowest BCUT2D eigenvalue weighted by Crippen LogP contribution is -2.43. The summed E-state index contributed by atoms with van der Waals surface area (Å²) in [5, 5.41) is 14.1. The molecule has 1 amide bonds. The monoisotopic (exact) mass is 368 g/mol. The number of amides is 1. The third-order valence-electron chi connectivity index (χ3n) is 4.60. The van der Waals surface area contributed by atoms with Gasteiger partial charge in [-0.3, -0.25) is 4.79 Å². The number of phenolic OH excluding ortho intramolecular Hbond substituents is 1. The number of benzene rings is 2. The minimum atomic E-state index is -0.421. The maximum atomic E-state index is 12.5. The van der Waals surface area contributed by atoms with Crippen molar-refractivity contribution in [1.82, 2.24) is 16.3 Å². The number of hydrogen-bond acceptors (Lipinski definition) is 6. The van der Waals surface area contributed by atoms with E-state index in [-0.39, 0.29) is 23.6 Å². The highest BCUT2D eigenvalue weighted by molar-refractivity contribution is 5.87. The maximum Gasteiger partial charge on any atom is 0.258 e. The Hall–Kier alpha value is -2.90. The third kappa shape index (κ3) is 4.27. The van der Waals surface area contributed by atoms with Crippen LogP contribution in [-0.4, -0.2) is 29.9 Å². The molecule has 3 unspecified atom stereocenters. The highest BCUT2D eigenvalue weighted by atomic mass is 16.5. The van der Waals surface area contributed by atoms with Crippen molar-refractivity contribution in [3.8, 4) is 11.5 Å². The van der Waals surface area contributed by atoms with E-state index in [2.05, 4.69) is 21.4 Å². The van der Waals surface area contributed by atoms with Crippen LogP contribution >= 0.6 is 0 Å². The minimum Gasteiger partial charge on any atom is -0.504 e. The first-order chi connectivity index (χ1) is 13.1. The zero-order valence-corrected chi connectivity index (χ0v) is 15.3. The topological polar surface area (TPSA) is 95.0 Å². The fourth-order valence-corrected chi connectivity index (χ4v) is 3.14. The second-order valence-corrected chi connectivity index (χ2v) is 6.38. The lowest BCUT2D eigenvalue weighted by atomic mass is 9.91. The van der Waals surface area contributed by atoms with Crippen molar-refractivity contribution in [2.75, 3.05) is 6.61 Å². The van der Waals surface area contributed by atoms with E-state index in [1.165, 1.54) is 6.21 Å². The van der Waals surface area contributed by atoms with Crippen LogP contribution in [0.4, 0.5) is 0 Å². The quantitative estimate of drug-likeness (QED) is 0.463. The molecule has 3 rings (SSSR count). The number of carbonyl (C=O) groups is 1. The number of hydrazone groups is 1. The van der Waals surface area contributed by atoms with E-state index in [4.69, 9.17) is 4.74 Å². The summed E-state index contributed by atoms with van der Waals surface area (Å²) < 4.78 is 5.34. The fourth-order valence-electron chi connectivity index (χ4n) is 3.14. The second-order valence-electron chi connectivity index (χ2n) is 6.38. The highest BCUT2D eigenvalue weighted by Gasteiger charge is 2.37. The van der Waals surface area contributed by atoms with E-state index in [1.54, 1.807) is 18.2 Å². The lowest BCUT2D eigenvalue weighted by molar-refractivity contribution is -0.123. The molecule has 4 N–H and O–H groups in total. The molecule has 1 saturated heterocycles. The summed E-state index contributed by atoms with van der Waals surface area (Å²) in [5.41, 5.74) is 10.3. The van der Waals surface area contributed by atoms with Gasteiger partial charge in [-0.2, -0.15) is 5.10 Å². The number of aromatic hydroxyl groups is 1. The molecule has 0 bridgehead atoms. The van der Waals surface area contributed by atoms with E-state index < -0.39 is 6.04 Å². The van der Waals surface area contributed by atoms with Gasteiger partial charge >= 0.3 is 0 Å². The zero-order valence-electron chi connectivity index (χ0n) is 15.3. The highest BCUT2D eigenvalue weighted by Crippen LogP contribution is 2.29. The normalized spacial score (nSPS) is 22.1. The molecule has 1 aliphatic rings. The Bertz CT molecular complexity index is 810. The number of hydrogen-bond donors (Lipinski definition) is 4. The minimum absolute atomic E-state index is 0.00415. The number of nitrogens with one attached hydrogen (secondary N) is 3. The zero-order chi connectivity index (χ0) is 19.2. The Kier molecular flexibility index (Phi) is 6.05.